The van der Waals surface area contributed by atoms with Crippen molar-refractivity contribution in [2.45, 2.75) is 20.3 Å². The lowest BCUT2D eigenvalue weighted by molar-refractivity contribution is -0.115. The summed E-state index contributed by atoms with van der Waals surface area (Å²) >= 11 is 0. The van der Waals surface area contributed by atoms with Gasteiger partial charge in [-0.3, -0.25) is 10.1 Å². The highest BCUT2D eigenvalue weighted by atomic mass is 16.5. The fourth-order valence-electron chi connectivity index (χ4n) is 3.82. The molecule has 0 saturated carbocycles. The van der Waals surface area contributed by atoms with Crippen molar-refractivity contribution >= 4 is 28.8 Å². The van der Waals surface area contributed by atoms with Crippen molar-refractivity contribution in [3.05, 3.63) is 77.4 Å². The van der Waals surface area contributed by atoms with Gasteiger partial charge in [0.15, 0.2) is 0 Å². The molecule has 0 saturated heterocycles. The number of fused-ring (bicyclic) bond motifs is 1. The number of carbonyl (C=O) groups excluding carboxylic acids is 1. The molecule has 4 rings (SSSR count). The number of allylic oxidation sites excluding steroid dienone is 1. The van der Waals surface area contributed by atoms with Crippen LogP contribution in [-0.4, -0.2) is 29.5 Å². The summed E-state index contributed by atoms with van der Waals surface area (Å²) in [7, 11) is 1.57. The topological polar surface area (TPSA) is 103 Å². The Morgan fingerprint density at radius 3 is 2.73 bits per heavy atom. The largest absolute Gasteiger partial charge is 0.496 e. The number of anilines is 3. The van der Waals surface area contributed by atoms with E-state index in [0.29, 0.717) is 29.4 Å². The molecule has 33 heavy (non-hydrogen) atoms. The summed E-state index contributed by atoms with van der Waals surface area (Å²) in [5.74, 6) is 1.17. The van der Waals surface area contributed by atoms with E-state index >= 15 is 0 Å². The highest BCUT2D eigenvalue weighted by Crippen LogP contribution is 2.38. The fraction of sp³-hybridized carbons (Fsp3) is 0.200. The van der Waals surface area contributed by atoms with Gasteiger partial charge in [0.2, 0.25) is 11.9 Å². The first-order chi connectivity index (χ1) is 16.0. The third-order valence-corrected chi connectivity index (χ3v) is 5.39. The third kappa shape index (κ3) is 4.34. The molecule has 0 atom stereocenters. The van der Waals surface area contributed by atoms with Gasteiger partial charge in [0, 0.05) is 18.3 Å². The Morgan fingerprint density at radius 2 is 1.97 bits per heavy atom. The van der Waals surface area contributed by atoms with Gasteiger partial charge in [0.25, 0.3) is 0 Å². The zero-order valence-corrected chi connectivity index (χ0v) is 18.7. The van der Waals surface area contributed by atoms with Crippen LogP contribution in [0, 0.1) is 18.3 Å². The van der Waals surface area contributed by atoms with E-state index in [1.165, 1.54) is 0 Å². The first-order valence-corrected chi connectivity index (χ1v) is 10.6. The molecule has 2 aromatic carbocycles. The standard InChI is InChI=1S/C25H24N6O2/c1-4-31-20-11-7-6-10-19(20)28-24(31)18(14-26)23-16(2)15-27-25(30-23)29-22(32)13-17-9-5-8-12-21(17)33-3/h5-12,15,28H,4,13H2,1-3H3,(H,27,29,30,32)/b24-18+. The Hall–Kier alpha value is -4.38. The number of nitrogens with zero attached hydrogens (tertiary/aromatic N) is 4. The molecule has 0 bridgehead atoms. The van der Waals surface area contributed by atoms with Crippen molar-refractivity contribution in [1.82, 2.24) is 9.97 Å². The summed E-state index contributed by atoms with van der Waals surface area (Å²) in [6.45, 7) is 4.54. The van der Waals surface area contributed by atoms with Crippen LogP contribution in [-0.2, 0) is 11.2 Å². The Bertz CT molecular complexity index is 1280. The zero-order valence-electron chi connectivity index (χ0n) is 18.7. The summed E-state index contributed by atoms with van der Waals surface area (Å²) in [6, 6.07) is 17.5. The van der Waals surface area contributed by atoms with Crippen LogP contribution in [0.3, 0.4) is 0 Å². The van der Waals surface area contributed by atoms with E-state index in [1.54, 1.807) is 19.4 Å². The van der Waals surface area contributed by atoms with E-state index < -0.39 is 0 Å². The second-order valence-corrected chi connectivity index (χ2v) is 7.48. The van der Waals surface area contributed by atoms with Gasteiger partial charge in [-0.15, -0.1) is 0 Å². The average Bonchev–Trinajstić information content (AvgIpc) is 3.20. The average molecular weight is 441 g/mol. The molecule has 166 valence electrons. The van der Waals surface area contributed by atoms with Crippen LogP contribution in [0.2, 0.25) is 0 Å². The molecular weight excluding hydrogens is 416 g/mol. The van der Waals surface area contributed by atoms with E-state index in [4.69, 9.17) is 4.74 Å². The summed E-state index contributed by atoms with van der Waals surface area (Å²) in [5, 5.41) is 16.1. The number of ether oxygens (including phenoxy) is 1. The monoisotopic (exact) mass is 440 g/mol. The molecule has 3 aromatic rings. The number of nitrogens with one attached hydrogen (secondary N) is 2. The van der Waals surface area contributed by atoms with Gasteiger partial charge in [-0.25, -0.2) is 9.97 Å². The van der Waals surface area contributed by atoms with Crippen molar-refractivity contribution in [2.24, 2.45) is 0 Å². The first-order valence-electron chi connectivity index (χ1n) is 10.6. The van der Waals surface area contributed by atoms with Crippen LogP contribution < -0.4 is 20.3 Å². The third-order valence-electron chi connectivity index (χ3n) is 5.39. The van der Waals surface area contributed by atoms with Crippen molar-refractivity contribution < 1.29 is 9.53 Å². The molecular formula is C25H24N6O2. The first kappa shape index (κ1) is 21.8. The second kappa shape index (κ2) is 9.40. The number of aromatic nitrogens is 2. The highest BCUT2D eigenvalue weighted by molar-refractivity contribution is 5.93. The van der Waals surface area contributed by atoms with Gasteiger partial charge in [0.05, 0.1) is 30.6 Å². The van der Waals surface area contributed by atoms with Gasteiger partial charge in [-0.1, -0.05) is 30.3 Å². The molecule has 0 spiro atoms. The van der Waals surface area contributed by atoms with Crippen LogP contribution >= 0.6 is 0 Å². The Morgan fingerprint density at radius 1 is 1.21 bits per heavy atom. The summed E-state index contributed by atoms with van der Waals surface area (Å²) in [5.41, 5.74) is 4.27. The number of benzene rings is 2. The lowest BCUT2D eigenvalue weighted by Gasteiger charge is -2.19. The number of rotatable bonds is 6. The summed E-state index contributed by atoms with van der Waals surface area (Å²) < 4.78 is 5.32. The number of aryl methyl sites for hydroxylation is 1. The minimum Gasteiger partial charge on any atom is -0.496 e. The molecule has 8 heteroatoms. The lowest BCUT2D eigenvalue weighted by Crippen LogP contribution is -2.22. The van der Waals surface area contributed by atoms with Gasteiger partial charge in [-0.2, -0.15) is 5.26 Å². The second-order valence-electron chi connectivity index (χ2n) is 7.48. The normalized spacial score (nSPS) is 13.6. The quantitative estimate of drug-likeness (QED) is 0.556. The molecule has 0 unspecified atom stereocenters. The summed E-state index contributed by atoms with van der Waals surface area (Å²) in [6.07, 6.45) is 1.72. The fourth-order valence-corrected chi connectivity index (χ4v) is 3.82. The number of hydrogen-bond acceptors (Lipinski definition) is 7. The van der Waals surface area contributed by atoms with Crippen LogP contribution in [0.5, 0.6) is 5.75 Å². The Balaban J connectivity index is 1.64. The minimum atomic E-state index is -0.276. The summed E-state index contributed by atoms with van der Waals surface area (Å²) in [4.78, 5) is 23.4. The SMILES string of the molecule is CCN1/C(=C(\C#N)c2nc(NC(=O)Cc3ccccc3OC)ncc2C)Nc2ccccc21. The maximum absolute atomic E-state index is 12.6. The van der Waals surface area contributed by atoms with Crippen LogP contribution in [0.1, 0.15) is 23.7 Å². The van der Waals surface area contributed by atoms with Crippen LogP contribution in [0.4, 0.5) is 17.3 Å². The molecule has 8 nitrogen and oxygen atoms in total. The number of methoxy groups -OCH3 is 1. The van der Waals surface area contributed by atoms with E-state index in [1.807, 2.05) is 61.2 Å². The van der Waals surface area contributed by atoms with Gasteiger partial charge < -0.3 is 15.0 Å². The molecule has 2 N–H and O–H groups in total. The maximum Gasteiger partial charge on any atom is 0.231 e. The smallest absolute Gasteiger partial charge is 0.231 e. The van der Waals surface area contributed by atoms with Gasteiger partial charge in [0.1, 0.15) is 23.2 Å². The molecule has 0 aliphatic carbocycles. The predicted molar refractivity (Wildman–Crippen MR) is 128 cm³/mol. The number of nitriles is 1. The highest BCUT2D eigenvalue weighted by Gasteiger charge is 2.27. The van der Waals surface area contributed by atoms with Gasteiger partial charge >= 0.3 is 0 Å². The Labute approximate surface area is 192 Å². The van der Waals surface area contributed by atoms with Crippen molar-refractivity contribution in [3.8, 4) is 11.8 Å². The van der Waals surface area contributed by atoms with Crippen LogP contribution in [0.25, 0.3) is 5.57 Å². The minimum absolute atomic E-state index is 0.114. The van der Waals surface area contributed by atoms with Crippen LogP contribution in [0.15, 0.2) is 60.5 Å². The molecule has 0 fully saturated rings. The molecule has 1 amide bonds. The molecule has 1 aliphatic rings. The maximum atomic E-state index is 12.6. The number of carbonyl (C=O) groups is 1. The van der Waals surface area contributed by atoms with E-state index in [-0.39, 0.29) is 18.3 Å². The molecule has 0 radical (unpaired) electrons. The predicted octanol–water partition coefficient (Wildman–Crippen LogP) is 4.12. The number of hydrogen-bond donors (Lipinski definition) is 2. The van der Waals surface area contributed by atoms with Crippen molar-refractivity contribution in [2.75, 3.05) is 29.2 Å². The van der Waals surface area contributed by atoms with E-state index in [2.05, 4.69) is 26.7 Å². The number of amides is 1. The van der Waals surface area contributed by atoms with Crippen molar-refractivity contribution in [1.29, 1.82) is 5.26 Å². The molecule has 2 heterocycles. The Kier molecular flexibility index (Phi) is 6.22. The molecule has 1 aromatic heterocycles. The lowest BCUT2D eigenvalue weighted by atomic mass is 10.1. The number of para-hydroxylation sites is 3. The van der Waals surface area contributed by atoms with E-state index in [0.717, 1.165) is 22.5 Å². The van der Waals surface area contributed by atoms with Crippen molar-refractivity contribution in [3.63, 3.8) is 0 Å². The zero-order chi connectivity index (χ0) is 23.4. The van der Waals surface area contributed by atoms with Gasteiger partial charge in [-0.05, 0) is 37.6 Å². The molecule has 1 aliphatic heterocycles. The van der Waals surface area contributed by atoms with E-state index in [9.17, 15) is 10.1 Å².